The Morgan fingerprint density at radius 1 is 1.24 bits per heavy atom. The second kappa shape index (κ2) is 7.24. The number of aryl methyl sites for hydroxylation is 1. The van der Waals surface area contributed by atoms with Crippen molar-refractivity contribution in [1.82, 2.24) is 9.88 Å². The van der Waals surface area contributed by atoms with E-state index in [9.17, 15) is 5.26 Å². The Bertz CT molecular complexity index is 858. The number of nitrogens with zero attached hydrogens (tertiary/aromatic N) is 3. The van der Waals surface area contributed by atoms with Crippen molar-refractivity contribution in [3.05, 3.63) is 59.7 Å². The standard InChI is InChI=1S/C19H20N4O2/c1-13-6-8-14(9-7-13)18-22-15(11-20)19(25-18)21-12-16(23(2)3)17-5-4-10-24-17/h4-10,16,21H,12H2,1-3H3/t16-/m0/s1. The number of aromatic nitrogens is 1. The Balaban J connectivity index is 1.80. The molecule has 1 atom stereocenters. The third-order valence-corrected chi connectivity index (χ3v) is 3.98. The maximum atomic E-state index is 9.34. The van der Waals surface area contributed by atoms with Gasteiger partial charge < -0.3 is 14.2 Å². The summed E-state index contributed by atoms with van der Waals surface area (Å²) in [6.45, 7) is 2.54. The number of nitrogens with one attached hydrogen (secondary N) is 1. The quantitative estimate of drug-likeness (QED) is 0.737. The van der Waals surface area contributed by atoms with Gasteiger partial charge in [-0.1, -0.05) is 17.7 Å². The first kappa shape index (κ1) is 16.8. The molecular weight excluding hydrogens is 316 g/mol. The van der Waals surface area contributed by atoms with Gasteiger partial charge in [-0.05, 0) is 45.3 Å². The van der Waals surface area contributed by atoms with Crippen molar-refractivity contribution in [1.29, 1.82) is 5.26 Å². The lowest BCUT2D eigenvalue weighted by atomic mass is 10.1. The molecule has 0 unspecified atom stereocenters. The van der Waals surface area contributed by atoms with Crippen LogP contribution in [0.15, 0.2) is 51.5 Å². The summed E-state index contributed by atoms with van der Waals surface area (Å²) in [7, 11) is 3.94. The molecule has 25 heavy (non-hydrogen) atoms. The summed E-state index contributed by atoms with van der Waals surface area (Å²) in [5.41, 5.74) is 2.24. The average molecular weight is 336 g/mol. The van der Waals surface area contributed by atoms with Gasteiger partial charge in [0.1, 0.15) is 11.8 Å². The van der Waals surface area contributed by atoms with Gasteiger partial charge in [-0.2, -0.15) is 10.2 Å². The third-order valence-electron chi connectivity index (χ3n) is 3.98. The van der Waals surface area contributed by atoms with Crippen LogP contribution in [-0.4, -0.2) is 30.5 Å². The van der Waals surface area contributed by atoms with Crippen LogP contribution in [0.2, 0.25) is 0 Å². The number of rotatable bonds is 6. The third kappa shape index (κ3) is 3.73. The second-order valence-corrected chi connectivity index (χ2v) is 6.05. The molecule has 3 aromatic rings. The van der Waals surface area contributed by atoms with Gasteiger partial charge in [0.15, 0.2) is 0 Å². The van der Waals surface area contributed by atoms with Crippen molar-refractivity contribution in [3.63, 3.8) is 0 Å². The summed E-state index contributed by atoms with van der Waals surface area (Å²) in [6, 6.07) is 13.7. The molecular formula is C19H20N4O2. The summed E-state index contributed by atoms with van der Waals surface area (Å²) in [5, 5.41) is 12.5. The zero-order chi connectivity index (χ0) is 17.8. The highest BCUT2D eigenvalue weighted by Gasteiger charge is 2.20. The van der Waals surface area contributed by atoms with Gasteiger partial charge in [-0.3, -0.25) is 4.90 Å². The number of furan rings is 1. The number of likely N-dealkylation sites (N-methyl/N-ethyl adjacent to an activating group) is 1. The lowest BCUT2D eigenvalue weighted by molar-refractivity contribution is 0.268. The van der Waals surface area contributed by atoms with Gasteiger partial charge in [0.2, 0.25) is 17.5 Å². The van der Waals surface area contributed by atoms with Crippen molar-refractivity contribution >= 4 is 5.88 Å². The number of anilines is 1. The number of nitriles is 1. The largest absolute Gasteiger partial charge is 0.468 e. The van der Waals surface area contributed by atoms with Gasteiger partial charge in [0.25, 0.3) is 0 Å². The molecule has 128 valence electrons. The van der Waals surface area contributed by atoms with Gasteiger partial charge in [0.05, 0.1) is 12.3 Å². The highest BCUT2D eigenvalue weighted by molar-refractivity contribution is 5.59. The molecule has 0 spiro atoms. The normalized spacial score (nSPS) is 12.1. The molecule has 6 heteroatoms. The van der Waals surface area contributed by atoms with Gasteiger partial charge >= 0.3 is 0 Å². The molecule has 0 aliphatic rings. The fourth-order valence-electron chi connectivity index (χ4n) is 2.54. The van der Waals surface area contributed by atoms with E-state index in [1.54, 1.807) is 6.26 Å². The molecule has 0 amide bonds. The summed E-state index contributed by atoms with van der Waals surface area (Å²) in [5.74, 6) is 1.64. The van der Waals surface area contributed by atoms with E-state index in [0.29, 0.717) is 18.3 Å². The number of hydrogen-bond acceptors (Lipinski definition) is 6. The van der Waals surface area contributed by atoms with Crippen LogP contribution in [0.25, 0.3) is 11.5 Å². The van der Waals surface area contributed by atoms with E-state index in [-0.39, 0.29) is 11.7 Å². The fourth-order valence-corrected chi connectivity index (χ4v) is 2.54. The Hall–Kier alpha value is -3.04. The minimum atomic E-state index is 0.00877. The number of oxazole rings is 1. The van der Waals surface area contributed by atoms with E-state index in [1.165, 1.54) is 0 Å². The predicted molar refractivity (Wildman–Crippen MR) is 95.0 cm³/mol. The molecule has 0 saturated carbocycles. The minimum absolute atomic E-state index is 0.00877. The van der Waals surface area contributed by atoms with E-state index >= 15 is 0 Å². The lowest BCUT2D eigenvalue weighted by Crippen LogP contribution is -2.26. The highest BCUT2D eigenvalue weighted by atomic mass is 16.4. The summed E-state index contributed by atoms with van der Waals surface area (Å²) in [6.07, 6.45) is 1.65. The van der Waals surface area contributed by atoms with Crippen LogP contribution in [-0.2, 0) is 0 Å². The smallest absolute Gasteiger partial charge is 0.232 e. The Morgan fingerprint density at radius 2 is 2.00 bits per heavy atom. The summed E-state index contributed by atoms with van der Waals surface area (Å²) < 4.78 is 11.3. The van der Waals surface area contributed by atoms with Crippen LogP contribution in [0.3, 0.4) is 0 Å². The monoisotopic (exact) mass is 336 g/mol. The summed E-state index contributed by atoms with van der Waals surface area (Å²) in [4.78, 5) is 6.32. The first-order valence-corrected chi connectivity index (χ1v) is 8.00. The SMILES string of the molecule is Cc1ccc(-c2nc(C#N)c(NC[C@@H](c3ccco3)N(C)C)o2)cc1. The molecule has 0 aliphatic carbocycles. The molecule has 0 fully saturated rings. The van der Waals surface area contributed by atoms with Crippen LogP contribution in [0, 0.1) is 18.3 Å². The summed E-state index contributed by atoms with van der Waals surface area (Å²) >= 11 is 0. The molecule has 6 nitrogen and oxygen atoms in total. The topological polar surface area (TPSA) is 78.2 Å². The minimum Gasteiger partial charge on any atom is -0.468 e. The van der Waals surface area contributed by atoms with Crippen LogP contribution < -0.4 is 5.32 Å². The Labute approximate surface area is 146 Å². The van der Waals surface area contributed by atoms with Crippen LogP contribution >= 0.6 is 0 Å². The molecule has 2 aromatic heterocycles. The maximum absolute atomic E-state index is 9.34. The first-order valence-electron chi connectivity index (χ1n) is 8.00. The second-order valence-electron chi connectivity index (χ2n) is 6.05. The van der Waals surface area contributed by atoms with Crippen LogP contribution in [0.1, 0.15) is 23.1 Å². The van der Waals surface area contributed by atoms with E-state index in [1.807, 2.05) is 62.3 Å². The van der Waals surface area contributed by atoms with Crippen LogP contribution in [0.4, 0.5) is 5.88 Å². The Kier molecular flexibility index (Phi) is 4.87. The van der Waals surface area contributed by atoms with E-state index in [0.717, 1.165) is 16.9 Å². The average Bonchev–Trinajstić information content (AvgIpc) is 3.25. The lowest BCUT2D eigenvalue weighted by Gasteiger charge is -2.22. The van der Waals surface area contributed by atoms with Crippen molar-refractivity contribution in [3.8, 4) is 17.5 Å². The van der Waals surface area contributed by atoms with Crippen molar-refractivity contribution < 1.29 is 8.83 Å². The maximum Gasteiger partial charge on any atom is 0.232 e. The van der Waals surface area contributed by atoms with Crippen LogP contribution in [0.5, 0.6) is 0 Å². The number of hydrogen-bond donors (Lipinski definition) is 1. The molecule has 0 bridgehead atoms. The van der Waals surface area contributed by atoms with Gasteiger partial charge in [-0.25, -0.2) is 0 Å². The van der Waals surface area contributed by atoms with Gasteiger partial charge in [0, 0.05) is 12.1 Å². The molecule has 2 heterocycles. The zero-order valence-electron chi connectivity index (χ0n) is 14.5. The van der Waals surface area contributed by atoms with Crippen molar-refractivity contribution in [2.75, 3.05) is 26.0 Å². The molecule has 3 rings (SSSR count). The van der Waals surface area contributed by atoms with Crippen molar-refractivity contribution in [2.24, 2.45) is 0 Å². The highest BCUT2D eigenvalue weighted by Crippen LogP contribution is 2.27. The van der Waals surface area contributed by atoms with E-state index in [4.69, 9.17) is 8.83 Å². The van der Waals surface area contributed by atoms with E-state index < -0.39 is 0 Å². The zero-order valence-corrected chi connectivity index (χ0v) is 14.5. The van der Waals surface area contributed by atoms with Gasteiger partial charge in [-0.15, -0.1) is 0 Å². The van der Waals surface area contributed by atoms with E-state index in [2.05, 4.69) is 16.4 Å². The Morgan fingerprint density at radius 3 is 2.60 bits per heavy atom. The predicted octanol–water partition coefficient (Wildman–Crippen LogP) is 3.83. The first-order chi connectivity index (χ1) is 12.1. The molecule has 0 radical (unpaired) electrons. The van der Waals surface area contributed by atoms with Crippen molar-refractivity contribution in [2.45, 2.75) is 13.0 Å². The molecule has 0 aliphatic heterocycles. The molecule has 0 saturated heterocycles. The fraction of sp³-hybridized carbons (Fsp3) is 0.263. The molecule has 1 aromatic carbocycles. The molecule has 1 N–H and O–H groups in total. The number of benzene rings is 1.